The van der Waals surface area contributed by atoms with Crippen LogP contribution in [0.4, 0.5) is 5.69 Å². The highest BCUT2D eigenvalue weighted by Gasteiger charge is 2.24. The Balaban J connectivity index is 1.78. The lowest BCUT2D eigenvalue weighted by molar-refractivity contribution is 0.331. The second kappa shape index (κ2) is 10.8. The van der Waals surface area contributed by atoms with Crippen LogP contribution in [-0.4, -0.2) is 63.4 Å². The number of nitrogens with zero attached hydrogens (tertiary/aromatic N) is 5. The Bertz CT molecular complexity index is 1460. The molecule has 0 saturated carbocycles. The zero-order valence-corrected chi connectivity index (χ0v) is 22.8. The Morgan fingerprint density at radius 3 is 2.51 bits per heavy atom. The van der Waals surface area contributed by atoms with Crippen molar-refractivity contribution in [2.75, 3.05) is 31.0 Å². The normalized spacial score (nSPS) is 14.1. The topological polar surface area (TPSA) is 125 Å². The van der Waals surface area contributed by atoms with Crippen LogP contribution in [0, 0.1) is 6.92 Å². The van der Waals surface area contributed by atoms with Crippen LogP contribution in [-0.2, 0) is 10.2 Å². The Morgan fingerprint density at radius 2 is 1.89 bits per heavy atom. The van der Waals surface area contributed by atoms with E-state index in [4.69, 9.17) is 9.84 Å². The number of nitrogens with one attached hydrogen (secondary N) is 2. The molecule has 1 aliphatic rings. The molecule has 0 saturated heterocycles. The number of imidazole rings is 1. The van der Waals surface area contributed by atoms with Gasteiger partial charge in [0.2, 0.25) is 0 Å². The summed E-state index contributed by atoms with van der Waals surface area (Å²) in [5, 5.41) is 4.75. The predicted molar refractivity (Wildman–Crippen MR) is 144 cm³/mol. The molecule has 1 aromatic carbocycles. The van der Waals surface area contributed by atoms with E-state index in [1.165, 1.54) is 4.31 Å². The molecule has 2 N–H and O–H groups in total. The molecule has 200 valence electrons. The fourth-order valence-electron chi connectivity index (χ4n) is 4.51. The van der Waals surface area contributed by atoms with E-state index in [1.54, 1.807) is 42.0 Å². The fourth-order valence-corrected chi connectivity index (χ4v) is 5.59. The maximum atomic E-state index is 13.1. The van der Waals surface area contributed by atoms with Crippen molar-refractivity contribution in [2.45, 2.75) is 53.4 Å². The summed E-state index contributed by atoms with van der Waals surface area (Å²) in [7, 11) is -3.83. The van der Waals surface area contributed by atoms with Gasteiger partial charge in [-0.15, -0.1) is 5.10 Å². The smallest absolute Gasteiger partial charge is 0.323 e. The molecule has 3 aromatic rings. The number of ether oxygens (including phenoxy) is 1. The monoisotopic (exact) mass is 529 g/mol. The molecule has 0 unspecified atom stereocenters. The number of aromatic amines is 1. The van der Waals surface area contributed by atoms with Crippen molar-refractivity contribution in [3.05, 3.63) is 52.5 Å². The van der Waals surface area contributed by atoms with E-state index in [2.05, 4.69) is 28.5 Å². The minimum Gasteiger partial charge on any atom is -0.493 e. The molecule has 0 bridgehead atoms. The first-order valence-electron chi connectivity index (χ1n) is 12.7. The average molecular weight is 530 g/mol. The van der Waals surface area contributed by atoms with Gasteiger partial charge in [0, 0.05) is 31.4 Å². The van der Waals surface area contributed by atoms with Gasteiger partial charge in [-0.2, -0.15) is 8.42 Å². The third kappa shape index (κ3) is 5.29. The van der Waals surface area contributed by atoms with Gasteiger partial charge < -0.3 is 14.6 Å². The average Bonchev–Trinajstić information content (AvgIpc) is 3.22. The molecule has 0 radical (unpaired) electrons. The summed E-state index contributed by atoms with van der Waals surface area (Å²) < 4.78 is 37.4. The molecule has 12 heteroatoms. The second-order valence-corrected chi connectivity index (χ2v) is 10.5. The highest BCUT2D eigenvalue weighted by molar-refractivity contribution is 7.90. The van der Waals surface area contributed by atoms with Crippen LogP contribution >= 0.6 is 0 Å². The van der Waals surface area contributed by atoms with Crippen LogP contribution in [0.2, 0.25) is 0 Å². The Kier molecular flexibility index (Phi) is 7.76. The number of likely N-dealkylation sites (N-methyl/N-ethyl adjacent to an activating group) is 1. The quantitative estimate of drug-likeness (QED) is 0.412. The van der Waals surface area contributed by atoms with E-state index in [9.17, 15) is 13.2 Å². The lowest BCUT2D eigenvalue weighted by Gasteiger charge is -2.30. The van der Waals surface area contributed by atoms with Gasteiger partial charge in [-0.05, 0) is 51.8 Å². The van der Waals surface area contributed by atoms with Crippen molar-refractivity contribution in [1.29, 1.82) is 0 Å². The molecule has 0 atom stereocenters. The van der Waals surface area contributed by atoms with Crippen molar-refractivity contribution in [3.63, 3.8) is 0 Å². The maximum absolute atomic E-state index is 13.1. The molecule has 0 aliphatic carbocycles. The number of hydrogen-bond donors (Lipinski definition) is 2. The zero-order valence-electron chi connectivity index (χ0n) is 22.0. The molecule has 0 spiro atoms. The minimum atomic E-state index is -3.83. The second-order valence-electron chi connectivity index (χ2n) is 8.92. The number of rotatable bonds is 10. The van der Waals surface area contributed by atoms with Crippen LogP contribution in [0.1, 0.15) is 58.0 Å². The van der Waals surface area contributed by atoms with Gasteiger partial charge in [0.1, 0.15) is 11.6 Å². The van der Waals surface area contributed by atoms with Gasteiger partial charge >= 0.3 is 10.2 Å². The zero-order chi connectivity index (χ0) is 26.7. The van der Waals surface area contributed by atoms with E-state index in [0.717, 1.165) is 25.2 Å². The van der Waals surface area contributed by atoms with Crippen molar-refractivity contribution in [1.82, 2.24) is 28.8 Å². The van der Waals surface area contributed by atoms with E-state index in [-0.39, 0.29) is 17.3 Å². The Morgan fingerprint density at radius 1 is 1.14 bits per heavy atom. The van der Waals surface area contributed by atoms with Crippen LogP contribution in [0.25, 0.3) is 16.9 Å². The highest BCUT2D eigenvalue weighted by atomic mass is 32.2. The van der Waals surface area contributed by atoms with Gasteiger partial charge in [0.05, 0.1) is 30.1 Å². The summed E-state index contributed by atoms with van der Waals surface area (Å²) in [6.07, 6.45) is 5.04. The number of benzene rings is 1. The molecule has 0 amide bonds. The first-order chi connectivity index (χ1) is 17.7. The number of aromatic nitrogens is 4. The third-order valence-corrected chi connectivity index (χ3v) is 8.01. The summed E-state index contributed by atoms with van der Waals surface area (Å²) in [5.41, 5.74) is 1.49. The SMILES string of the molecule is CCOc1ccc(NS(=O)(=O)N2C=CN(CC)CC2)cc1-c1nn2c(C(CC)CC)nc(C)c2c(=O)[nH]1. The van der Waals surface area contributed by atoms with Gasteiger partial charge in [-0.3, -0.25) is 13.8 Å². The lowest BCUT2D eigenvalue weighted by Crippen LogP contribution is -2.40. The Hall–Kier alpha value is -3.54. The number of hydrogen-bond acceptors (Lipinski definition) is 7. The van der Waals surface area contributed by atoms with Crippen molar-refractivity contribution in [2.24, 2.45) is 0 Å². The number of fused-ring (bicyclic) bond motifs is 1. The largest absolute Gasteiger partial charge is 0.493 e. The Labute approximate surface area is 217 Å². The van der Waals surface area contributed by atoms with Gasteiger partial charge in [-0.25, -0.2) is 9.50 Å². The molecule has 11 nitrogen and oxygen atoms in total. The van der Waals surface area contributed by atoms with E-state index >= 15 is 0 Å². The molecule has 3 heterocycles. The predicted octanol–water partition coefficient (Wildman–Crippen LogP) is 3.46. The van der Waals surface area contributed by atoms with Crippen LogP contribution in [0.15, 0.2) is 35.4 Å². The first-order valence-corrected chi connectivity index (χ1v) is 14.1. The molecule has 4 rings (SSSR count). The van der Waals surface area contributed by atoms with Gasteiger partial charge in [0.25, 0.3) is 5.56 Å². The third-order valence-electron chi connectivity index (χ3n) is 6.60. The molecular formula is C25H35N7O4S. The van der Waals surface area contributed by atoms with Crippen molar-refractivity contribution < 1.29 is 13.2 Å². The van der Waals surface area contributed by atoms with E-state index in [0.29, 0.717) is 47.9 Å². The molecular weight excluding hydrogens is 494 g/mol. The van der Waals surface area contributed by atoms with Crippen LogP contribution in [0.3, 0.4) is 0 Å². The van der Waals surface area contributed by atoms with E-state index in [1.807, 2.05) is 18.7 Å². The summed E-state index contributed by atoms with van der Waals surface area (Å²) in [6, 6.07) is 4.93. The van der Waals surface area contributed by atoms with E-state index < -0.39 is 10.2 Å². The molecule has 37 heavy (non-hydrogen) atoms. The highest BCUT2D eigenvalue weighted by Crippen LogP contribution is 2.32. The maximum Gasteiger partial charge on any atom is 0.323 e. The number of aryl methyl sites for hydroxylation is 1. The summed E-state index contributed by atoms with van der Waals surface area (Å²) >= 11 is 0. The van der Waals surface area contributed by atoms with Gasteiger partial charge in [0.15, 0.2) is 11.3 Å². The summed E-state index contributed by atoms with van der Waals surface area (Å²) in [6.45, 7) is 12.0. The standard InChI is InChI=1S/C25H35N7O4S/c1-6-18(7-2)24-26-17(5)22-25(33)27-23(28-32(22)24)20-16-19(10-11-21(20)36-9-4)29-37(34,35)31-14-12-30(8-3)13-15-31/h10-12,14,16,18,29H,6-9,13,15H2,1-5H3,(H,27,28,33). The lowest BCUT2D eigenvalue weighted by atomic mass is 10.0. The van der Waals surface area contributed by atoms with Gasteiger partial charge in [-0.1, -0.05) is 13.8 Å². The van der Waals surface area contributed by atoms with Crippen LogP contribution in [0.5, 0.6) is 5.75 Å². The fraction of sp³-hybridized carbons (Fsp3) is 0.480. The molecule has 2 aromatic heterocycles. The number of H-pyrrole nitrogens is 1. The van der Waals surface area contributed by atoms with Crippen LogP contribution < -0.4 is 15.0 Å². The number of anilines is 1. The first kappa shape index (κ1) is 26.5. The molecule has 1 aliphatic heterocycles. The minimum absolute atomic E-state index is 0.147. The summed E-state index contributed by atoms with van der Waals surface area (Å²) in [4.78, 5) is 22.7. The summed E-state index contributed by atoms with van der Waals surface area (Å²) in [5.74, 6) is 1.63. The van der Waals surface area contributed by atoms with Crippen molar-refractivity contribution >= 4 is 21.4 Å². The molecule has 0 fully saturated rings. The van der Waals surface area contributed by atoms with Crippen molar-refractivity contribution in [3.8, 4) is 17.1 Å².